The van der Waals surface area contributed by atoms with E-state index in [1.165, 1.54) is 12.3 Å². The number of carbonyl (C=O) groups is 1. The third-order valence-corrected chi connectivity index (χ3v) is 4.94. The number of piperazine rings is 1. The largest absolute Gasteiger partial charge is 0.441 e. The predicted octanol–water partition coefficient (Wildman–Crippen LogP) is 3.12. The molecule has 0 radical (unpaired) electrons. The summed E-state index contributed by atoms with van der Waals surface area (Å²) in [5.74, 6) is -0.835. The van der Waals surface area contributed by atoms with Crippen LogP contribution in [0.2, 0.25) is 0 Å². The first-order valence-corrected chi connectivity index (χ1v) is 9.42. The number of carbonyl (C=O) groups excluding carboxylic acids is 1. The summed E-state index contributed by atoms with van der Waals surface area (Å²) in [6.45, 7) is 2.01. The van der Waals surface area contributed by atoms with Crippen LogP contribution >= 0.6 is 0 Å². The van der Waals surface area contributed by atoms with Crippen molar-refractivity contribution in [2.45, 2.75) is 18.9 Å². The molecule has 1 fully saturated rings. The van der Waals surface area contributed by atoms with Crippen LogP contribution in [-0.4, -0.2) is 40.4 Å². The van der Waals surface area contributed by atoms with E-state index in [1.807, 2.05) is 17.0 Å². The van der Waals surface area contributed by atoms with Crippen molar-refractivity contribution in [3.8, 4) is 11.3 Å². The quantitative estimate of drug-likeness (QED) is 0.715. The average molecular weight is 398 g/mol. The third kappa shape index (κ3) is 4.32. The topological polar surface area (TPSA) is 71.3 Å². The minimum absolute atomic E-state index is 0.00642. The molecule has 29 heavy (non-hydrogen) atoms. The van der Waals surface area contributed by atoms with Crippen molar-refractivity contribution in [3.63, 3.8) is 0 Å². The fraction of sp³-hybridized carbons (Fsp3) is 0.286. The zero-order valence-electron chi connectivity index (χ0n) is 15.6. The minimum Gasteiger partial charge on any atom is -0.441 e. The van der Waals surface area contributed by atoms with Crippen molar-refractivity contribution in [2.24, 2.45) is 0 Å². The molecule has 1 amide bonds. The first-order chi connectivity index (χ1) is 14.1. The number of pyridine rings is 1. The zero-order valence-corrected chi connectivity index (χ0v) is 15.6. The Morgan fingerprint density at radius 1 is 1.28 bits per heavy atom. The SMILES string of the molecule is O=C(CCc1ncc(-c2ccc(F)cc2F)o1)N1CCNCC1c1cccnc1. The van der Waals surface area contributed by atoms with Gasteiger partial charge >= 0.3 is 0 Å². The second-order valence-corrected chi connectivity index (χ2v) is 6.84. The van der Waals surface area contributed by atoms with E-state index < -0.39 is 11.6 Å². The van der Waals surface area contributed by atoms with Crippen LogP contribution in [0.1, 0.15) is 23.9 Å². The van der Waals surface area contributed by atoms with Gasteiger partial charge in [0.05, 0.1) is 17.8 Å². The molecular formula is C21H20F2N4O2. The van der Waals surface area contributed by atoms with E-state index in [0.717, 1.165) is 24.2 Å². The fourth-order valence-corrected chi connectivity index (χ4v) is 3.47. The van der Waals surface area contributed by atoms with Gasteiger partial charge in [0.25, 0.3) is 0 Å². The van der Waals surface area contributed by atoms with Gasteiger partial charge in [0.15, 0.2) is 11.7 Å². The standard InChI is InChI=1S/C21H20F2N4O2/c22-15-3-4-16(17(23)10-15)19-13-26-20(29-19)5-6-21(28)27-9-8-25-12-18(27)14-2-1-7-24-11-14/h1-4,7,10-11,13,18,25H,5-6,8-9,12H2. The Labute approximate surface area is 166 Å². The van der Waals surface area contributed by atoms with Gasteiger partial charge in [0.1, 0.15) is 11.6 Å². The summed E-state index contributed by atoms with van der Waals surface area (Å²) in [6.07, 6.45) is 5.39. The van der Waals surface area contributed by atoms with Crippen LogP contribution in [0.4, 0.5) is 8.78 Å². The Morgan fingerprint density at radius 3 is 2.97 bits per heavy atom. The molecule has 1 saturated heterocycles. The van der Waals surface area contributed by atoms with Crippen molar-refractivity contribution in [3.05, 3.63) is 72.0 Å². The molecule has 0 bridgehead atoms. The van der Waals surface area contributed by atoms with Crippen LogP contribution in [0.25, 0.3) is 11.3 Å². The van der Waals surface area contributed by atoms with Crippen LogP contribution in [0.5, 0.6) is 0 Å². The molecule has 4 rings (SSSR count). The lowest BCUT2D eigenvalue weighted by molar-refractivity contribution is -0.134. The Bertz CT molecular complexity index is 993. The highest BCUT2D eigenvalue weighted by atomic mass is 19.1. The van der Waals surface area contributed by atoms with Gasteiger partial charge in [0.2, 0.25) is 5.91 Å². The fourth-order valence-electron chi connectivity index (χ4n) is 3.47. The number of hydrogen-bond donors (Lipinski definition) is 1. The number of nitrogens with zero attached hydrogens (tertiary/aromatic N) is 3. The molecule has 0 aliphatic carbocycles. The Balaban J connectivity index is 1.42. The molecule has 2 aromatic heterocycles. The van der Waals surface area contributed by atoms with Crippen molar-refractivity contribution in [1.82, 2.24) is 20.2 Å². The van der Waals surface area contributed by atoms with E-state index in [-0.39, 0.29) is 29.7 Å². The molecule has 1 aromatic carbocycles. The highest BCUT2D eigenvalue weighted by Gasteiger charge is 2.28. The Hall–Kier alpha value is -3.13. The van der Waals surface area contributed by atoms with E-state index in [0.29, 0.717) is 25.4 Å². The summed E-state index contributed by atoms with van der Waals surface area (Å²) >= 11 is 0. The molecule has 1 aliphatic heterocycles. The Morgan fingerprint density at radius 2 is 2.17 bits per heavy atom. The van der Waals surface area contributed by atoms with Crippen molar-refractivity contribution >= 4 is 5.91 Å². The number of oxazole rings is 1. The summed E-state index contributed by atoms with van der Waals surface area (Å²) in [6, 6.07) is 7.01. The molecule has 8 heteroatoms. The number of amides is 1. The molecule has 1 unspecified atom stereocenters. The Kier molecular flexibility index (Phi) is 5.62. The van der Waals surface area contributed by atoms with Gasteiger partial charge < -0.3 is 14.6 Å². The van der Waals surface area contributed by atoms with E-state index in [4.69, 9.17) is 4.42 Å². The summed E-state index contributed by atoms with van der Waals surface area (Å²) in [7, 11) is 0. The van der Waals surface area contributed by atoms with Crippen molar-refractivity contribution < 1.29 is 18.0 Å². The molecule has 150 valence electrons. The second-order valence-electron chi connectivity index (χ2n) is 6.84. The lowest BCUT2D eigenvalue weighted by Crippen LogP contribution is -2.48. The van der Waals surface area contributed by atoms with E-state index in [1.54, 1.807) is 12.4 Å². The highest BCUT2D eigenvalue weighted by molar-refractivity contribution is 5.77. The van der Waals surface area contributed by atoms with Gasteiger partial charge in [-0.3, -0.25) is 9.78 Å². The van der Waals surface area contributed by atoms with Crippen molar-refractivity contribution in [2.75, 3.05) is 19.6 Å². The molecule has 0 saturated carbocycles. The molecule has 3 aromatic rings. The lowest BCUT2D eigenvalue weighted by Gasteiger charge is -2.36. The molecule has 1 aliphatic rings. The number of hydrogen-bond acceptors (Lipinski definition) is 5. The van der Waals surface area contributed by atoms with E-state index >= 15 is 0 Å². The summed E-state index contributed by atoms with van der Waals surface area (Å²) in [5, 5.41) is 3.31. The number of aromatic nitrogens is 2. The maximum absolute atomic E-state index is 13.9. The van der Waals surface area contributed by atoms with Crippen LogP contribution in [0, 0.1) is 11.6 Å². The second kappa shape index (κ2) is 8.48. The number of nitrogens with one attached hydrogen (secondary N) is 1. The molecule has 6 nitrogen and oxygen atoms in total. The molecule has 1 N–H and O–H groups in total. The van der Waals surface area contributed by atoms with Crippen LogP contribution in [-0.2, 0) is 11.2 Å². The monoisotopic (exact) mass is 398 g/mol. The number of halogens is 2. The molecule has 0 spiro atoms. The zero-order chi connectivity index (χ0) is 20.2. The van der Waals surface area contributed by atoms with Gasteiger partial charge in [-0.15, -0.1) is 0 Å². The first-order valence-electron chi connectivity index (χ1n) is 9.42. The number of benzene rings is 1. The third-order valence-electron chi connectivity index (χ3n) is 4.94. The van der Waals surface area contributed by atoms with Gasteiger partial charge in [-0.25, -0.2) is 13.8 Å². The summed E-state index contributed by atoms with van der Waals surface area (Å²) in [5.41, 5.74) is 1.12. The average Bonchev–Trinajstić information content (AvgIpc) is 3.21. The highest BCUT2D eigenvalue weighted by Crippen LogP contribution is 2.26. The summed E-state index contributed by atoms with van der Waals surface area (Å²) in [4.78, 5) is 23.0. The minimum atomic E-state index is -0.719. The van der Waals surface area contributed by atoms with Gasteiger partial charge in [0, 0.05) is 50.9 Å². The van der Waals surface area contributed by atoms with Gasteiger partial charge in [-0.1, -0.05) is 6.07 Å². The normalized spacial score (nSPS) is 16.8. The molecule has 1 atom stereocenters. The lowest BCUT2D eigenvalue weighted by atomic mass is 10.0. The van der Waals surface area contributed by atoms with Crippen LogP contribution in [0.3, 0.4) is 0 Å². The maximum Gasteiger partial charge on any atom is 0.223 e. The number of rotatable bonds is 5. The molecular weight excluding hydrogens is 378 g/mol. The predicted molar refractivity (Wildman–Crippen MR) is 102 cm³/mol. The molecule has 3 heterocycles. The number of aryl methyl sites for hydroxylation is 1. The maximum atomic E-state index is 13.9. The first kappa shape index (κ1) is 19.2. The van der Waals surface area contributed by atoms with Gasteiger partial charge in [-0.05, 0) is 23.8 Å². The van der Waals surface area contributed by atoms with Gasteiger partial charge in [-0.2, -0.15) is 0 Å². The smallest absolute Gasteiger partial charge is 0.223 e. The van der Waals surface area contributed by atoms with Crippen molar-refractivity contribution in [1.29, 1.82) is 0 Å². The summed E-state index contributed by atoms with van der Waals surface area (Å²) < 4.78 is 32.6. The van der Waals surface area contributed by atoms with E-state index in [9.17, 15) is 13.6 Å². The van der Waals surface area contributed by atoms with E-state index in [2.05, 4.69) is 15.3 Å². The van der Waals surface area contributed by atoms with Crippen LogP contribution < -0.4 is 5.32 Å². The van der Waals surface area contributed by atoms with Crippen LogP contribution in [0.15, 0.2) is 53.3 Å².